The number of hydrogen-bond donors (Lipinski definition) is 2. The molecular formula is C19H27N3O2. The molecule has 2 amide bonds. The second-order valence-electron chi connectivity index (χ2n) is 6.95. The van der Waals surface area contributed by atoms with Crippen LogP contribution in [-0.2, 0) is 16.1 Å². The minimum absolute atomic E-state index is 0.00286. The molecule has 2 heterocycles. The van der Waals surface area contributed by atoms with E-state index in [1.807, 2.05) is 17.0 Å². The maximum Gasteiger partial charge on any atom is 0.239 e. The number of nitrogens with one attached hydrogen (secondary N) is 2. The second-order valence-corrected chi connectivity index (χ2v) is 6.95. The highest BCUT2D eigenvalue weighted by Crippen LogP contribution is 2.20. The van der Waals surface area contributed by atoms with Crippen LogP contribution in [0.25, 0.3) is 0 Å². The highest BCUT2D eigenvalue weighted by atomic mass is 16.2. The van der Waals surface area contributed by atoms with Gasteiger partial charge < -0.3 is 15.5 Å². The molecule has 5 nitrogen and oxygen atoms in total. The van der Waals surface area contributed by atoms with Gasteiger partial charge in [-0.15, -0.1) is 0 Å². The number of aryl methyl sites for hydroxylation is 1. The van der Waals surface area contributed by atoms with Gasteiger partial charge in [-0.3, -0.25) is 9.59 Å². The van der Waals surface area contributed by atoms with Gasteiger partial charge in [0.1, 0.15) is 0 Å². The number of piperidine rings is 1. The van der Waals surface area contributed by atoms with E-state index in [1.54, 1.807) is 0 Å². The molecule has 0 bridgehead atoms. The molecular weight excluding hydrogens is 302 g/mol. The number of amides is 2. The number of rotatable bonds is 4. The predicted molar refractivity (Wildman–Crippen MR) is 93.4 cm³/mol. The fourth-order valence-corrected chi connectivity index (χ4v) is 3.52. The third kappa shape index (κ3) is 4.15. The Bertz CT molecular complexity index is 571. The molecule has 1 aromatic rings. The molecule has 1 atom stereocenters. The van der Waals surface area contributed by atoms with Crippen molar-refractivity contribution >= 4 is 11.8 Å². The van der Waals surface area contributed by atoms with E-state index in [4.69, 9.17) is 0 Å². The minimum Gasteiger partial charge on any atom is -0.352 e. The smallest absolute Gasteiger partial charge is 0.239 e. The van der Waals surface area contributed by atoms with Crippen LogP contribution >= 0.6 is 0 Å². The van der Waals surface area contributed by atoms with E-state index < -0.39 is 0 Å². The van der Waals surface area contributed by atoms with Crippen molar-refractivity contribution in [3.63, 3.8) is 0 Å². The van der Waals surface area contributed by atoms with E-state index in [0.29, 0.717) is 19.6 Å². The number of likely N-dealkylation sites (tertiary alicyclic amines) is 1. The summed E-state index contributed by atoms with van der Waals surface area (Å²) in [6, 6.07) is 8.21. The van der Waals surface area contributed by atoms with Crippen molar-refractivity contribution in [2.45, 2.75) is 45.2 Å². The van der Waals surface area contributed by atoms with Crippen molar-refractivity contribution in [3.05, 3.63) is 35.4 Å². The number of nitrogens with zero attached hydrogens (tertiary/aromatic N) is 1. The summed E-state index contributed by atoms with van der Waals surface area (Å²) in [4.78, 5) is 26.6. The van der Waals surface area contributed by atoms with Crippen LogP contribution in [0.2, 0.25) is 0 Å². The maximum atomic E-state index is 12.4. The van der Waals surface area contributed by atoms with Gasteiger partial charge >= 0.3 is 0 Å². The summed E-state index contributed by atoms with van der Waals surface area (Å²) in [6.07, 6.45) is 3.54. The third-order valence-electron chi connectivity index (χ3n) is 5.12. The summed E-state index contributed by atoms with van der Waals surface area (Å²) in [5, 5.41) is 6.29. The third-order valence-corrected chi connectivity index (χ3v) is 5.12. The first kappa shape index (κ1) is 17.0. The Labute approximate surface area is 143 Å². The lowest BCUT2D eigenvalue weighted by molar-refractivity contribution is -0.137. The summed E-state index contributed by atoms with van der Waals surface area (Å²) in [5.74, 6) is 0.351. The number of benzene rings is 1. The van der Waals surface area contributed by atoms with E-state index in [-0.39, 0.29) is 23.8 Å². The molecule has 24 heavy (non-hydrogen) atoms. The molecule has 3 rings (SSSR count). The number of carbonyl (C=O) groups excluding carboxylic acids is 2. The Morgan fingerprint density at radius 1 is 1.17 bits per heavy atom. The van der Waals surface area contributed by atoms with Crippen molar-refractivity contribution in [1.82, 2.24) is 15.5 Å². The Balaban J connectivity index is 1.43. The SMILES string of the molecule is Cc1ccc(CNC(=O)C2CCN(C(=O)C3CCCN3)CC2)cc1. The predicted octanol–water partition coefficient (Wildman–Crippen LogP) is 1.60. The van der Waals surface area contributed by atoms with E-state index >= 15 is 0 Å². The maximum absolute atomic E-state index is 12.4. The van der Waals surface area contributed by atoms with Crippen molar-refractivity contribution < 1.29 is 9.59 Å². The highest BCUT2D eigenvalue weighted by Gasteiger charge is 2.31. The van der Waals surface area contributed by atoms with Gasteiger partial charge in [-0.05, 0) is 44.7 Å². The van der Waals surface area contributed by atoms with Crippen molar-refractivity contribution in [3.8, 4) is 0 Å². The minimum atomic E-state index is -0.00286. The molecule has 0 aliphatic carbocycles. The average molecular weight is 329 g/mol. The fraction of sp³-hybridized carbons (Fsp3) is 0.579. The molecule has 0 saturated carbocycles. The second kappa shape index (κ2) is 7.79. The molecule has 1 unspecified atom stereocenters. The molecule has 2 aliphatic rings. The molecule has 0 aromatic heterocycles. The van der Waals surface area contributed by atoms with E-state index in [9.17, 15) is 9.59 Å². The molecule has 2 saturated heterocycles. The van der Waals surface area contributed by atoms with E-state index in [0.717, 1.165) is 37.8 Å². The zero-order valence-corrected chi connectivity index (χ0v) is 14.4. The van der Waals surface area contributed by atoms with Gasteiger partial charge in [0.05, 0.1) is 6.04 Å². The van der Waals surface area contributed by atoms with Crippen molar-refractivity contribution in [2.75, 3.05) is 19.6 Å². The highest BCUT2D eigenvalue weighted by molar-refractivity contribution is 5.83. The van der Waals surface area contributed by atoms with Crippen molar-refractivity contribution in [2.24, 2.45) is 5.92 Å². The summed E-state index contributed by atoms with van der Waals surface area (Å²) >= 11 is 0. The molecule has 2 fully saturated rings. The Morgan fingerprint density at radius 3 is 2.50 bits per heavy atom. The zero-order valence-electron chi connectivity index (χ0n) is 14.4. The quantitative estimate of drug-likeness (QED) is 0.882. The molecule has 5 heteroatoms. The molecule has 1 aromatic carbocycles. The van der Waals surface area contributed by atoms with Gasteiger partial charge in [0.2, 0.25) is 11.8 Å². The van der Waals surface area contributed by atoms with Gasteiger partial charge in [0.25, 0.3) is 0 Å². The molecule has 130 valence electrons. The molecule has 2 aliphatic heterocycles. The van der Waals surface area contributed by atoms with Crippen molar-refractivity contribution in [1.29, 1.82) is 0 Å². The fourth-order valence-electron chi connectivity index (χ4n) is 3.52. The van der Waals surface area contributed by atoms with Crippen LogP contribution in [0.15, 0.2) is 24.3 Å². The lowest BCUT2D eigenvalue weighted by Gasteiger charge is -2.33. The monoisotopic (exact) mass is 329 g/mol. The summed E-state index contributed by atoms with van der Waals surface area (Å²) < 4.78 is 0. The average Bonchev–Trinajstić information content (AvgIpc) is 3.15. The normalized spacial score (nSPS) is 21.7. The van der Waals surface area contributed by atoms with Gasteiger partial charge in [0.15, 0.2) is 0 Å². The zero-order chi connectivity index (χ0) is 16.9. The number of carbonyl (C=O) groups is 2. The Hall–Kier alpha value is -1.88. The van der Waals surface area contributed by atoms with Crippen LogP contribution in [0.5, 0.6) is 0 Å². The summed E-state index contributed by atoms with van der Waals surface area (Å²) in [7, 11) is 0. The van der Waals surface area contributed by atoms with Crippen LogP contribution in [0.1, 0.15) is 36.8 Å². The number of hydrogen-bond acceptors (Lipinski definition) is 3. The molecule has 2 N–H and O–H groups in total. The standard InChI is InChI=1S/C19H27N3O2/c1-14-4-6-15(7-5-14)13-21-18(23)16-8-11-22(12-9-16)19(24)17-3-2-10-20-17/h4-7,16-17,20H,2-3,8-13H2,1H3,(H,21,23). The van der Waals surface area contributed by atoms with Crippen LogP contribution in [0, 0.1) is 12.8 Å². The van der Waals surface area contributed by atoms with Gasteiger partial charge in [0, 0.05) is 25.6 Å². The molecule has 0 spiro atoms. The van der Waals surface area contributed by atoms with Gasteiger partial charge in [-0.25, -0.2) is 0 Å². The Morgan fingerprint density at radius 2 is 1.88 bits per heavy atom. The Kier molecular flexibility index (Phi) is 5.51. The van der Waals surface area contributed by atoms with Gasteiger partial charge in [-0.2, -0.15) is 0 Å². The lowest BCUT2D eigenvalue weighted by Crippen LogP contribution is -2.48. The van der Waals surface area contributed by atoms with Crippen LogP contribution < -0.4 is 10.6 Å². The largest absolute Gasteiger partial charge is 0.352 e. The van der Waals surface area contributed by atoms with Crippen LogP contribution in [0.4, 0.5) is 0 Å². The van der Waals surface area contributed by atoms with E-state index in [1.165, 1.54) is 5.56 Å². The van der Waals surface area contributed by atoms with E-state index in [2.05, 4.69) is 29.7 Å². The van der Waals surface area contributed by atoms with Crippen LogP contribution in [-0.4, -0.2) is 42.4 Å². The molecule has 0 radical (unpaired) electrons. The summed E-state index contributed by atoms with van der Waals surface area (Å²) in [6.45, 7) is 4.95. The van der Waals surface area contributed by atoms with Gasteiger partial charge in [-0.1, -0.05) is 29.8 Å². The topological polar surface area (TPSA) is 61.4 Å². The summed E-state index contributed by atoms with van der Waals surface area (Å²) in [5.41, 5.74) is 2.34. The first-order valence-corrected chi connectivity index (χ1v) is 8.99. The lowest BCUT2D eigenvalue weighted by atomic mass is 9.95. The first-order chi connectivity index (χ1) is 11.6. The first-order valence-electron chi connectivity index (χ1n) is 8.99. The van der Waals surface area contributed by atoms with Crippen LogP contribution in [0.3, 0.4) is 0 Å².